The number of Topliss-reactive ketones (excluding diaryl/α,β-unsaturated/α-hetero) is 1. The van der Waals surface area contributed by atoms with Gasteiger partial charge in [-0.3, -0.25) is 19.7 Å². The van der Waals surface area contributed by atoms with E-state index in [1.165, 1.54) is 29.2 Å². The number of esters is 1. The number of ether oxygens (including phenoxy) is 1. The van der Waals surface area contributed by atoms with Gasteiger partial charge in [-0.2, -0.15) is 0 Å². The monoisotopic (exact) mass is 498 g/mol. The highest BCUT2D eigenvalue weighted by Crippen LogP contribution is 2.40. The number of carbonyl (C=O) groups is 3. The summed E-state index contributed by atoms with van der Waals surface area (Å²) < 4.78 is 5.05. The lowest BCUT2D eigenvalue weighted by Crippen LogP contribution is -3.05. The first-order valence-electron chi connectivity index (χ1n) is 11.7. The van der Waals surface area contributed by atoms with Crippen molar-refractivity contribution < 1.29 is 34.1 Å². The van der Waals surface area contributed by atoms with Gasteiger partial charge in [0.2, 0.25) is 5.78 Å². The molecule has 3 rings (SSSR count). The van der Waals surface area contributed by atoms with Crippen LogP contribution in [-0.4, -0.2) is 66.3 Å². The van der Waals surface area contributed by atoms with Crippen LogP contribution in [0.2, 0.25) is 0 Å². The molecule has 1 amide bonds. The fourth-order valence-corrected chi connectivity index (χ4v) is 4.46. The van der Waals surface area contributed by atoms with Gasteiger partial charge in [0, 0.05) is 36.4 Å². The van der Waals surface area contributed by atoms with Crippen molar-refractivity contribution in [2.75, 3.05) is 33.8 Å². The predicted molar refractivity (Wildman–Crippen MR) is 128 cm³/mol. The summed E-state index contributed by atoms with van der Waals surface area (Å²) in [5.41, 5.74) is 0.935. The summed E-state index contributed by atoms with van der Waals surface area (Å²) >= 11 is 0. The third-order valence-corrected chi connectivity index (χ3v) is 6.17. The largest absolute Gasteiger partial charge is 0.872 e. The molecule has 0 aliphatic carbocycles. The number of benzene rings is 1. The number of nitrogens with one attached hydrogen (secondary N) is 2. The van der Waals surface area contributed by atoms with E-state index in [1.807, 2.05) is 14.1 Å². The van der Waals surface area contributed by atoms with Crippen LogP contribution in [0.5, 0.6) is 0 Å². The molecule has 1 aliphatic rings. The van der Waals surface area contributed by atoms with Gasteiger partial charge in [0.15, 0.2) is 0 Å². The van der Waals surface area contributed by atoms with Crippen molar-refractivity contribution in [3.05, 3.63) is 68.0 Å². The van der Waals surface area contributed by atoms with Crippen molar-refractivity contribution >= 4 is 29.1 Å². The van der Waals surface area contributed by atoms with E-state index in [2.05, 4.69) is 4.98 Å². The zero-order valence-electron chi connectivity index (χ0n) is 21.0. The number of aryl methyl sites for hydroxylation is 1. The number of aromatic nitrogens is 1. The van der Waals surface area contributed by atoms with Crippen molar-refractivity contribution in [2.45, 2.75) is 33.2 Å². The molecule has 11 heteroatoms. The van der Waals surface area contributed by atoms with Gasteiger partial charge in [-0.15, -0.1) is 0 Å². The van der Waals surface area contributed by atoms with Crippen LogP contribution in [0.25, 0.3) is 5.76 Å². The van der Waals surface area contributed by atoms with Crippen LogP contribution >= 0.6 is 0 Å². The standard InChI is InChI=1S/C25H30N4O7/c1-6-36-25(33)20-14(2)18(15(3)26-20)22(30)19-21(16-8-10-17(11-9-16)29(34)35)28(24(32)23(19)31)13-7-12-27(4)5/h8-11,21,26,30H,6-7,12-13H2,1-5H3. The van der Waals surface area contributed by atoms with Crippen LogP contribution < -0.4 is 10.0 Å². The third-order valence-electron chi connectivity index (χ3n) is 6.17. The Bertz CT molecular complexity index is 1230. The number of hydrogen-bond acceptors (Lipinski definition) is 7. The molecule has 192 valence electrons. The van der Waals surface area contributed by atoms with Crippen molar-refractivity contribution in [1.82, 2.24) is 9.88 Å². The van der Waals surface area contributed by atoms with E-state index in [0.717, 1.165) is 11.4 Å². The summed E-state index contributed by atoms with van der Waals surface area (Å²) in [6, 6.07) is 4.45. The molecule has 2 aromatic rings. The molecular weight excluding hydrogens is 468 g/mol. The fourth-order valence-electron chi connectivity index (χ4n) is 4.46. The Hall–Kier alpha value is -3.99. The van der Waals surface area contributed by atoms with E-state index in [1.54, 1.807) is 20.8 Å². The van der Waals surface area contributed by atoms with Gasteiger partial charge in [0.1, 0.15) is 5.69 Å². The second-order valence-corrected chi connectivity index (χ2v) is 8.98. The summed E-state index contributed by atoms with van der Waals surface area (Å²) in [6.07, 6.45) is 0.585. The molecule has 0 saturated carbocycles. The maximum Gasteiger partial charge on any atom is 0.355 e. The summed E-state index contributed by atoms with van der Waals surface area (Å²) in [5.74, 6) is -3.01. The van der Waals surface area contributed by atoms with Gasteiger partial charge >= 0.3 is 5.97 Å². The lowest BCUT2D eigenvalue weighted by atomic mass is 9.94. The first-order chi connectivity index (χ1) is 17.0. The maximum atomic E-state index is 13.8. The van der Waals surface area contributed by atoms with Crippen LogP contribution in [0.1, 0.15) is 52.3 Å². The fraction of sp³-hybridized carbons (Fsp3) is 0.400. The number of hydrogen-bond donors (Lipinski definition) is 2. The van der Waals surface area contributed by atoms with Crippen molar-refractivity contribution in [3.63, 3.8) is 0 Å². The maximum absolute atomic E-state index is 13.8. The zero-order chi connectivity index (χ0) is 26.7. The van der Waals surface area contributed by atoms with E-state index in [9.17, 15) is 29.6 Å². The summed E-state index contributed by atoms with van der Waals surface area (Å²) in [7, 11) is 3.93. The molecule has 0 bridgehead atoms. The first-order valence-corrected chi connectivity index (χ1v) is 11.7. The molecule has 1 unspecified atom stereocenters. The molecule has 2 N–H and O–H groups in total. The highest BCUT2D eigenvalue weighted by atomic mass is 16.6. The van der Waals surface area contributed by atoms with E-state index >= 15 is 0 Å². The molecule has 1 aromatic heterocycles. The highest BCUT2D eigenvalue weighted by Gasteiger charge is 2.44. The van der Waals surface area contributed by atoms with Gasteiger partial charge in [-0.05, 0) is 49.6 Å². The van der Waals surface area contributed by atoms with E-state index in [4.69, 9.17) is 4.74 Å². The molecule has 2 heterocycles. The first kappa shape index (κ1) is 26.6. The van der Waals surface area contributed by atoms with Crippen LogP contribution in [0.3, 0.4) is 0 Å². The number of quaternary nitrogens is 1. The molecule has 1 fully saturated rings. The van der Waals surface area contributed by atoms with Gasteiger partial charge in [-0.1, -0.05) is 5.76 Å². The molecule has 1 saturated heterocycles. The Labute approximate surface area is 208 Å². The Balaban J connectivity index is 2.17. The Kier molecular flexibility index (Phi) is 7.93. The number of likely N-dealkylation sites (tertiary alicyclic amines) is 1. The summed E-state index contributed by atoms with van der Waals surface area (Å²) in [6.45, 7) is 5.94. The average molecular weight is 499 g/mol. The Morgan fingerprint density at radius 3 is 2.39 bits per heavy atom. The topological polar surface area (TPSA) is 150 Å². The van der Waals surface area contributed by atoms with Crippen LogP contribution in [0.15, 0.2) is 29.8 Å². The molecule has 0 spiro atoms. The normalized spacial score (nSPS) is 17.2. The second-order valence-electron chi connectivity index (χ2n) is 8.98. The minimum Gasteiger partial charge on any atom is -0.872 e. The lowest BCUT2D eigenvalue weighted by molar-refractivity contribution is -0.858. The number of carbonyl (C=O) groups excluding carboxylic acids is 3. The SMILES string of the molecule is CCOC(=O)c1[nH]c(C)c(C([O-])=C2C(=O)C(=O)N(CCC[NH+](C)C)C2c2ccc([N+](=O)[O-])cc2)c1C. The Morgan fingerprint density at radius 1 is 1.19 bits per heavy atom. The number of aromatic amines is 1. The van der Waals surface area contributed by atoms with Gasteiger partial charge in [-0.25, -0.2) is 4.79 Å². The van der Waals surface area contributed by atoms with Crippen molar-refractivity contribution in [2.24, 2.45) is 0 Å². The average Bonchev–Trinajstić information content (AvgIpc) is 3.26. The lowest BCUT2D eigenvalue weighted by Gasteiger charge is -2.28. The molecule has 1 atom stereocenters. The summed E-state index contributed by atoms with van der Waals surface area (Å²) in [5, 5.41) is 24.9. The van der Waals surface area contributed by atoms with E-state index in [-0.39, 0.29) is 35.7 Å². The van der Waals surface area contributed by atoms with Crippen LogP contribution in [0, 0.1) is 24.0 Å². The van der Waals surface area contributed by atoms with Gasteiger partial charge in [0.05, 0.1) is 38.2 Å². The number of rotatable bonds is 9. The number of H-pyrrole nitrogens is 1. The number of ketones is 1. The van der Waals surface area contributed by atoms with Crippen molar-refractivity contribution in [3.8, 4) is 0 Å². The van der Waals surface area contributed by atoms with Gasteiger partial charge in [0.25, 0.3) is 11.6 Å². The zero-order valence-corrected chi connectivity index (χ0v) is 21.0. The van der Waals surface area contributed by atoms with E-state index in [0.29, 0.717) is 23.2 Å². The minimum absolute atomic E-state index is 0.104. The van der Waals surface area contributed by atoms with Crippen LogP contribution in [0.4, 0.5) is 5.69 Å². The van der Waals surface area contributed by atoms with E-state index < -0.39 is 34.4 Å². The minimum atomic E-state index is -1.00. The number of nitro groups is 1. The number of nitrogens with zero attached hydrogens (tertiary/aromatic N) is 2. The predicted octanol–water partition coefficient (Wildman–Crippen LogP) is 0.475. The molecule has 1 aliphatic heterocycles. The number of non-ortho nitro benzene ring substituents is 1. The molecule has 1 aromatic carbocycles. The molecular formula is C25H30N4O7. The number of amides is 1. The highest BCUT2D eigenvalue weighted by molar-refractivity contribution is 6.46. The number of nitro benzene ring substituents is 1. The molecule has 36 heavy (non-hydrogen) atoms. The second kappa shape index (κ2) is 10.7. The quantitative estimate of drug-likeness (QED) is 0.127. The Morgan fingerprint density at radius 2 is 1.83 bits per heavy atom. The van der Waals surface area contributed by atoms with Crippen LogP contribution in [-0.2, 0) is 14.3 Å². The molecule has 0 radical (unpaired) electrons. The van der Waals surface area contributed by atoms with Crippen molar-refractivity contribution in [1.29, 1.82) is 0 Å². The summed E-state index contributed by atoms with van der Waals surface area (Å²) in [4.78, 5) is 54.5. The smallest absolute Gasteiger partial charge is 0.355 e. The third kappa shape index (κ3) is 5.01. The molecule has 11 nitrogen and oxygen atoms in total. The van der Waals surface area contributed by atoms with Gasteiger partial charge < -0.3 is 24.6 Å².